The maximum atomic E-state index is 12.4. The number of para-hydroxylation sites is 1. The minimum absolute atomic E-state index is 0.160. The van der Waals surface area contributed by atoms with E-state index in [1.165, 1.54) is 25.1 Å². The Kier molecular flexibility index (Phi) is 4.77. The first kappa shape index (κ1) is 15.3. The van der Waals surface area contributed by atoms with Crippen molar-refractivity contribution in [2.45, 2.75) is 19.1 Å². The highest BCUT2D eigenvalue weighted by Crippen LogP contribution is 2.30. The molecular formula is C12H14F3NO3. The third-order valence-corrected chi connectivity index (χ3v) is 2.66. The number of phenols is 1. The van der Waals surface area contributed by atoms with Crippen molar-refractivity contribution in [1.82, 2.24) is 4.90 Å². The SMILES string of the molecule is CC(c1ccccc1O)N(CC(=O)O)CC(F)(F)F. The van der Waals surface area contributed by atoms with Crippen molar-refractivity contribution < 1.29 is 28.2 Å². The molecule has 0 aliphatic carbocycles. The molecule has 0 aliphatic rings. The summed E-state index contributed by atoms with van der Waals surface area (Å²) in [5.74, 6) is -1.51. The van der Waals surface area contributed by atoms with Crippen molar-refractivity contribution in [3.8, 4) is 5.75 Å². The van der Waals surface area contributed by atoms with Crippen LogP contribution in [0.25, 0.3) is 0 Å². The van der Waals surface area contributed by atoms with Crippen molar-refractivity contribution >= 4 is 5.97 Å². The maximum absolute atomic E-state index is 12.4. The summed E-state index contributed by atoms with van der Waals surface area (Å²) >= 11 is 0. The van der Waals surface area contributed by atoms with Gasteiger partial charge in [0.1, 0.15) is 5.75 Å². The van der Waals surface area contributed by atoms with Crippen molar-refractivity contribution in [1.29, 1.82) is 0 Å². The highest BCUT2D eigenvalue weighted by atomic mass is 19.4. The van der Waals surface area contributed by atoms with E-state index in [4.69, 9.17) is 5.11 Å². The molecule has 2 N–H and O–H groups in total. The average molecular weight is 277 g/mol. The molecule has 7 heteroatoms. The van der Waals surface area contributed by atoms with E-state index in [1.54, 1.807) is 6.07 Å². The molecule has 1 aromatic carbocycles. The van der Waals surface area contributed by atoms with E-state index in [0.29, 0.717) is 0 Å². The molecule has 1 unspecified atom stereocenters. The number of aromatic hydroxyl groups is 1. The number of carboxylic acid groups (broad SMARTS) is 1. The van der Waals surface area contributed by atoms with Crippen LogP contribution in [0, 0.1) is 0 Å². The third kappa shape index (κ3) is 4.78. The number of hydrogen-bond acceptors (Lipinski definition) is 3. The minimum Gasteiger partial charge on any atom is -0.508 e. The number of aliphatic carboxylic acids is 1. The van der Waals surface area contributed by atoms with Gasteiger partial charge in [0, 0.05) is 11.6 Å². The van der Waals surface area contributed by atoms with Crippen LogP contribution in [0.3, 0.4) is 0 Å². The van der Waals surface area contributed by atoms with E-state index in [-0.39, 0.29) is 11.3 Å². The van der Waals surface area contributed by atoms with Crippen molar-refractivity contribution in [2.75, 3.05) is 13.1 Å². The second-order valence-corrected chi connectivity index (χ2v) is 4.15. The normalized spacial score (nSPS) is 13.5. The lowest BCUT2D eigenvalue weighted by atomic mass is 10.1. The van der Waals surface area contributed by atoms with Gasteiger partial charge in [-0.25, -0.2) is 0 Å². The van der Waals surface area contributed by atoms with Crippen LogP contribution in [0.2, 0.25) is 0 Å². The van der Waals surface area contributed by atoms with E-state index < -0.39 is 31.3 Å². The molecule has 0 amide bonds. The van der Waals surface area contributed by atoms with Gasteiger partial charge in [0.2, 0.25) is 0 Å². The standard InChI is InChI=1S/C12H14F3NO3/c1-8(9-4-2-3-5-10(9)17)16(6-11(18)19)7-12(13,14)15/h2-5,8,17H,6-7H2,1H3,(H,18,19). The second kappa shape index (κ2) is 5.92. The Balaban J connectivity index is 2.97. The van der Waals surface area contributed by atoms with Crippen molar-refractivity contribution in [3.05, 3.63) is 29.8 Å². The van der Waals surface area contributed by atoms with E-state index in [9.17, 15) is 23.1 Å². The van der Waals surface area contributed by atoms with Crippen LogP contribution in [-0.4, -0.2) is 40.3 Å². The zero-order chi connectivity index (χ0) is 14.6. The molecule has 1 atom stereocenters. The number of halogens is 3. The molecule has 0 aliphatic heterocycles. The third-order valence-electron chi connectivity index (χ3n) is 2.66. The Hall–Kier alpha value is -1.76. The molecule has 0 saturated carbocycles. The van der Waals surface area contributed by atoms with Gasteiger partial charge in [0.15, 0.2) is 0 Å². The zero-order valence-corrected chi connectivity index (χ0v) is 10.2. The summed E-state index contributed by atoms with van der Waals surface area (Å²) in [7, 11) is 0. The molecule has 106 valence electrons. The van der Waals surface area contributed by atoms with Gasteiger partial charge >= 0.3 is 12.1 Å². The molecule has 19 heavy (non-hydrogen) atoms. The molecule has 0 aromatic heterocycles. The lowest BCUT2D eigenvalue weighted by molar-refractivity contribution is -0.158. The van der Waals surface area contributed by atoms with Crippen LogP contribution in [0.15, 0.2) is 24.3 Å². The Bertz CT molecular complexity index is 448. The quantitative estimate of drug-likeness (QED) is 0.867. The topological polar surface area (TPSA) is 60.8 Å². The van der Waals surface area contributed by atoms with Crippen molar-refractivity contribution in [3.63, 3.8) is 0 Å². The number of phenolic OH excluding ortho intramolecular Hbond substituents is 1. The fourth-order valence-corrected chi connectivity index (χ4v) is 1.77. The van der Waals surface area contributed by atoms with Gasteiger partial charge in [-0.15, -0.1) is 0 Å². The summed E-state index contributed by atoms with van der Waals surface area (Å²) in [4.78, 5) is 11.4. The highest BCUT2D eigenvalue weighted by Gasteiger charge is 2.34. The van der Waals surface area contributed by atoms with E-state index in [0.717, 1.165) is 4.90 Å². The highest BCUT2D eigenvalue weighted by molar-refractivity contribution is 5.69. The summed E-state index contributed by atoms with van der Waals surface area (Å²) in [6, 6.07) is 5.05. The van der Waals surface area contributed by atoms with Crippen LogP contribution in [0.4, 0.5) is 13.2 Å². The zero-order valence-electron chi connectivity index (χ0n) is 10.2. The average Bonchev–Trinajstić information content (AvgIpc) is 2.25. The maximum Gasteiger partial charge on any atom is 0.401 e. The van der Waals surface area contributed by atoms with Crippen LogP contribution in [-0.2, 0) is 4.79 Å². The summed E-state index contributed by atoms with van der Waals surface area (Å²) in [5.41, 5.74) is 0.257. The number of nitrogens with zero attached hydrogens (tertiary/aromatic N) is 1. The smallest absolute Gasteiger partial charge is 0.401 e. The fourth-order valence-electron chi connectivity index (χ4n) is 1.77. The first-order chi connectivity index (χ1) is 8.70. The van der Waals surface area contributed by atoms with Gasteiger partial charge in [-0.05, 0) is 13.0 Å². The number of carboxylic acids is 1. The minimum atomic E-state index is -4.51. The fraction of sp³-hybridized carbons (Fsp3) is 0.417. The second-order valence-electron chi connectivity index (χ2n) is 4.15. The Morgan fingerprint density at radius 2 is 1.95 bits per heavy atom. The van der Waals surface area contributed by atoms with Gasteiger partial charge in [0.05, 0.1) is 13.1 Å². The molecule has 0 fully saturated rings. The van der Waals surface area contributed by atoms with Gasteiger partial charge in [-0.3, -0.25) is 9.69 Å². The number of rotatable bonds is 5. The first-order valence-corrected chi connectivity index (χ1v) is 5.51. The lowest BCUT2D eigenvalue weighted by Gasteiger charge is -2.29. The Labute approximate surface area is 108 Å². The molecule has 4 nitrogen and oxygen atoms in total. The number of alkyl halides is 3. The summed E-state index contributed by atoms with van der Waals surface area (Å²) in [6.45, 7) is -0.687. The predicted octanol–water partition coefficient (Wildman–Crippen LogP) is 2.40. The molecule has 0 heterocycles. The molecule has 0 spiro atoms. The first-order valence-electron chi connectivity index (χ1n) is 5.51. The predicted molar refractivity (Wildman–Crippen MR) is 61.8 cm³/mol. The molecule has 1 aromatic rings. The van der Waals surface area contributed by atoms with Gasteiger partial charge < -0.3 is 10.2 Å². The largest absolute Gasteiger partial charge is 0.508 e. The summed E-state index contributed by atoms with van der Waals surface area (Å²) in [6.07, 6.45) is -4.51. The number of benzene rings is 1. The molecule has 0 radical (unpaired) electrons. The monoisotopic (exact) mass is 277 g/mol. The van der Waals surface area contributed by atoms with Crippen LogP contribution in [0.5, 0.6) is 5.75 Å². The Morgan fingerprint density at radius 1 is 1.37 bits per heavy atom. The van der Waals surface area contributed by atoms with Gasteiger partial charge in [-0.2, -0.15) is 13.2 Å². The Morgan fingerprint density at radius 3 is 2.42 bits per heavy atom. The number of carbonyl (C=O) groups is 1. The molecular weight excluding hydrogens is 263 g/mol. The summed E-state index contributed by atoms with van der Waals surface area (Å²) in [5, 5.41) is 18.3. The molecule has 1 rings (SSSR count). The number of hydrogen-bond donors (Lipinski definition) is 2. The van der Waals surface area contributed by atoms with Gasteiger partial charge in [-0.1, -0.05) is 18.2 Å². The van der Waals surface area contributed by atoms with E-state index in [1.807, 2.05) is 0 Å². The molecule has 0 bridgehead atoms. The van der Waals surface area contributed by atoms with E-state index >= 15 is 0 Å². The summed E-state index contributed by atoms with van der Waals surface area (Å²) < 4.78 is 37.3. The van der Waals surface area contributed by atoms with Crippen molar-refractivity contribution in [2.24, 2.45) is 0 Å². The van der Waals surface area contributed by atoms with Crippen LogP contribution < -0.4 is 0 Å². The van der Waals surface area contributed by atoms with E-state index in [2.05, 4.69) is 0 Å². The van der Waals surface area contributed by atoms with Crippen LogP contribution in [0.1, 0.15) is 18.5 Å². The van der Waals surface area contributed by atoms with Crippen LogP contribution >= 0.6 is 0 Å². The lowest BCUT2D eigenvalue weighted by Crippen LogP contribution is -2.39. The van der Waals surface area contributed by atoms with Gasteiger partial charge in [0.25, 0.3) is 0 Å². The molecule has 0 saturated heterocycles.